The maximum Gasteiger partial charge on any atom is 0.262 e. The van der Waals surface area contributed by atoms with Crippen LogP contribution in [0.25, 0.3) is 0 Å². The molecular weight excluding hydrogens is 444 g/mol. The van der Waals surface area contributed by atoms with Gasteiger partial charge in [-0.3, -0.25) is 4.79 Å². The number of anilines is 1. The van der Waals surface area contributed by atoms with E-state index in [0.29, 0.717) is 11.4 Å². The summed E-state index contributed by atoms with van der Waals surface area (Å²) in [4.78, 5) is 12.4. The number of amides is 1. The first-order valence-corrected chi connectivity index (χ1v) is 10.9. The molecule has 0 aliphatic rings. The van der Waals surface area contributed by atoms with Crippen LogP contribution in [-0.2, 0) is 20.2 Å². The summed E-state index contributed by atoms with van der Waals surface area (Å²) in [5.41, 5.74) is 1.36. The van der Waals surface area contributed by atoms with Crippen molar-refractivity contribution < 1.29 is 17.9 Å². The predicted molar refractivity (Wildman–Crippen MR) is 114 cm³/mol. The lowest BCUT2D eigenvalue weighted by molar-refractivity contribution is -0.118. The first-order valence-electron chi connectivity index (χ1n) is 8.66. The SMILES string of the molecule is CN(C)S(=O)(=O)c1ccc(NC(=O)COc2ccc(Br)cc2C(C)(C)C)cc1. The summed E-state index contributed by atoms with van der Waals surface area (Å²) >= 11 is 3.46. The van der Waals surface area contributed by atoms with Crippen LogP contribution in [0, 0.1) is 0 Å². The van der Waals surface area contributed by atoms with Crippen LogP contribution in [0.1, 0.15) is 26.3 Å². The van der Waals surface area contributed by atoms with Crippen molar-refractivity contribution in [3.8, 4) is 5.75 Å². The molecule has 2 rings (SSSR count). The molecule has 0 bridgehead atoms. The van der Waals surface area contributed by atoms with E-state index in [1.807, 2.05) is 18.2 Å². The molecule has 0 unspecified atom stereocenters. The van der Waals surface area contributed by atoms with Gasteiger partial charge in [-0.2, -0.15) is 0 Å². The molecule has 0 saturated carbocycles. The highest BCUT2D eigenvalue weighted by Gasteiger charge is 2.20. The second-order valence-electron chi connectivity index (χ2n) is 7.54. The molecule has 8 heteroatoms. The van der Waals surface area contributed by atoms with E-state index in [1.54, 1.807) is 12.1 Å². The molecule has 6 nitrogen and oxygen atoms in total. The van der Waals surface area contributed by atoms with Crippen LogP contribution in [0.15, 0.2) is 51.8 Å². The Hall–Kier alpha value is -1.90. The number of rotatable bonds is 6. The highest BCUT2D eigenvalue weighted by molar-refractivity contribution is 9.10. The van der Waals surface area contributed by atoms with Crippen LogP contribution in [0.2, 0.25) is 0 Å². The number of carbonyl (C=O) groups is 1. The van der Waals surface area contributed by atoms with Crippen molar-refractivity contribution in [3.63, 3.8) is 0 Å². The van der Waals surface area contributed by atoms with E-state index in [0.717, 1.165) is 14.3 Å². The van der Waals surface area contributed by atoms with Gasteiger partial charge in [-0.1, -0.05) is 36.7 Å². The molecule has 0 fully saturated rings. The molecule has 0 aliphatic heterocycles. The van der Waals surface area contributed by atoms with Gasteiger partial charge in [0.05, 0.1) is 4.90 Å². The average molecular weight is 469 g/mol. The van der Waals surface area contributed by atoms with Crippen molar-refractivity contribution in [2.75, 3.05) is 26.0 Å². The molecule has 152 valence electrons. The number of hydrogen-bond acceptors (Lipinski definition) is 4. The van der Waals surface area contributed by atoms with Crippen LogP contribution >= 0.6 is 15.9 Å². The number of sulfonamides is 1. The normalized spacial score (nSPS) is 12.1. The molecule has 0 saturated heterocycles. The van der Waals surface area contributed by atoms with Crippen LogP contribution < -0.4 is 10.1 Å². The first kappa shape index (κ1) is 22.4. The summed E-state index contributed by atoms with van der Waals surface area (Å²) in [6.45, 7) is 6.07. The van der Waals surface area contributed by atoms with E-state index in [9.17, 15) is 13.2 Å². The molecular formula is C20H25BrN2O4S. The Morgan fingerprint density at radius 2 is 1.71 bits per heavy atom. The predicted octanol–water partition coefficient (Wildman–Crippen LogP) is 4.01. The smallest absolute Gasteiger partial charge is 0.262 e. The molecule has 0 spiro atoms. The van der Waals surface area contributed by atoms with E-state index in [-0.39, 0.29) is 22.8 Å². The third-order valence-corrected chi connectivity index (χ3v) is 6.35. The van der Waals surface area contributed by atoms with Gasteiger partial charge in [-0.15, -0.1) is 0 Å². The molecule has 0 aromatic heterocycles. The van der Waals surface area contributed by atoms with E-state index >= 15 is 0 Å². The maximum absolute atomic E-state index is 12.2. The monoisotopic (exact) mass is 468 g/mol. The van der Waals surface area contributed by atoms with E-state index < -0.39 is 10.0 Å². The lowest BCUT2D eigenvalue weighted by Gasteiger charge is -2.23. The third-order valence-electron chi connectivity index (χ3n) is 4.03. The van der Waals surface area contributed by atoms with E-state index in [2.05, 4.69) is 42.0 Å². The minimum absolute atomic E-state index is 0.136. The van der Waals surface area contributed by atoms with Gasteiger partial charge in [0.25, 0.3) is 5.91 Å². The fourth-order valence-electron chi connectivity index (χ4n) is 2.48. The second kappa shape index (κ2) is 8.63. The standard InChI is InChI=1S/C20H25BrN2O4S/c1-20(2,3)17-12-14(21)6-11-18(17)27-13-19(24)22-15-7-9-16(10-8-15)28(25,26)23(4)5/h6-12H,13H2,1-5H3,(H,22,24). The van der Waals surface area contributed by atoms with Crippen LogP contribution in [-0.4, -0.2) is 39.3 Å². The number of nitrogens with zero attached hydrogens (tertiary/aromatic N) is 1. The Labute approximate surface area is 175 Å². The van der Waals surface area contributed by atoms with Crippen LogP contribution in [0.5, 0.6) is 5.75 Å². The van der Waals surface area contributed by atoms with E-state index in [1.165, 1.54) is 26.2 Å². The van der Waals surface area contributed by atoms with Gasteiger partial charge >= 0.3 is 0 Å². The van der Waals surface area contributed by atoms with Crippen molar-refractivity contribution in [1.29, 1.82) is 0 Å². The highest BCUT2D eigenvalue weighted by atomic mass is 79.9. The molecule has 2 aromatic rings. The lowest BCUT2D eigenvalue weighted by atomic mass is 9.86. The Morgan fingerprint density at radius 1 is 1.11 bits per heavy atom. The third kappa shape index (κ3) is 5.56. The van der Waals surface area contributed by atoms with Crippen LogP contribution in [0.3, 0.4) is 0 Å². The number of nitrogens with one attached hydrogen (secondary N) is 1. The summed E-state index contributed by atoms with van der Waals surface area (Å²) in [5, 5.41) is 2.71. The zero-order valence-electron chi connectivity index (χ0n) is 16.6. The van der Waals surface area contributed by atoms with Gasteiger partial charge in [-0.05, 0) is 47.9 Å². The minimum Gasteiger partial charge on any atom is -0.483 e. The molecule has 0 aliphatic carbocycles. The van der Waals surface area contributed by atoms with Crippen molar-refractivity contribution in [2.24, 2.45) is 0 Å². The Bertz CT molecular complexity index is 949. The van der Waals surface area contributed by atoms with E-state index in [4.69, 9.17) is 4.74 Å². The van der Waals surface area contributed by atoms with Gasteiger partial charge in [0.2, 0.25) is 10.0 Å². The van der Waals surface area contributed by atoms with Crippen molar-refractivity contribution in [1.82, 2.24) is 4.31 Å². The number of ether oxygens (including phenoxy) is 1. The molecule has 1 N–H and O–H groups in total. The first-order chi connectivity index (χ1) is 12.9. The largest absolute Gasteiger partial charge is 0.483 e. The average Bonchev–Trinajstić information content (AvgIpc) is 2.60. The number of benzene rings is 2. The van der Waals surface area contributed by atoms with Crippen molar-refractivity contribution in [3.05, 3.63) is 52.5 Å². The fraction of sp³-hybridized carbons (Fsp3) is 0.350. The summed E-state index contributed by atoms with van der Waals surface area (Å²) in [6.07, 6.45) is 0. The fourth-order valence-corrected chi connectivity index (χ4v) is 3.74. The lowest BCUT2D eigenvalue weighted by Crippen LogP contribution is -2.23. The summed E-state index contributed by atoms with van der Waals surface area (Å²) < 4.78 is 32.0. The summed E-state index contributed by atoms with van der Waals surface area (Å²) in [6, 6.07) is 11.7. The zero-order chi connectivity index (χ0) is 21.1. The molecule has 2 aromatic carbocycles. The quantitative estimate of drug-likeness (QED) is 0.694. The van der Waals surface area contributed by atoms with Crippen LogP contribution in [0.4, 0.5) is 5.69 Å². The van der Waals surface area contributed by atoms with Crippen molar-refractivity contribution >= 4 is 37.5 Å². The topological polar surface area (TPSA) is 75.7 Å². The van der Waals surface area contributed by atoms with Gasteiger partial charge < -0.3 is 10.1 Å². The molecule has 0 heterocycles. The number of hydrogen-bond donors (Lipinski definition) is 1. The van der Waals surface area contributed by atoms with Crippen molar-refractivity contribution in [2.45, 2.75) is 31.1 Å². The summed E-state index contributed by atoms with van der Waals surface area (Å²) in [5.74, 6) is 0.323. The molecule has 0 atom stereocenters. The minimum atomic E-state index is -3.50. The van der Waals surface area contributed by atoms with Gasteiger partial charge in [-0.25, -0.2) is 12.7 Å². The highest BCUT2D eigenvalue weighted by Crippen LogP contribution is 2.33. The Kier molecular flexibility index (Phi) is 6.90. The second-order valence-corrected chi connectivity index (χ2v) is 10.6. The Morgan fingerprint density at radius 3 is 2.25 bits per heavy atom. The van der Waals surface area contributed by atoms with Gasteiger partial charge in [0.15, 0.2) is 6.61 Å². The molecule has 0 radical (unpaired) electrons. The summed E-state index contributed by atoms with van der Waals surface area (Å²) in [7, 11) is -0.561. The van der Waals surface area contributed by atoms with Gasteiger partial charge in [0.1, 0.15) is 5.75 Å². The zero-order valence-corrected chi connectivity index (χ0v) is 19.0. The van der Waals surface area contributed by atoms with Gasteiger partial charge in [0, 0.05) is 29.8 Å². The maximum atomic E-state index is 12.2. The number of carbonyl (C=O) groups excluding carboxylic acids is 1. The number of halogens is 1. The Balaban J connectivity index is 2.04. The molecule has 1 amide bonds. The molecule has 28 heavy (non-hydrogen) atoms.